The molecule has 0 atom stereocenters. The van der Waals surface area contributed by atoms with E-state index in [-0.39, 0.29) is 16.5 Å². The quantitative estimate of drug-likeness (QED) is 0.307. The molecule has 11 heteroatoms. The van der Waals surface area contributed by atoms with Crippen molar-refractivity contribution in [3.05, 3.63) is 87.9 Å². The normalized spacial score (nSPS) is 11.6. The van der Waals surface area contributed by atoms with Crippen LogP contribution in [0, 0.1) is 0 Å². The molecule has 1 amide bonds. The topological polar surface area (TPSA) is 97.3 Å². The van der Waals surface area contributed by atoms with Crippen molar-refractivity contribution in [2.24, 2.45) is 5.10 Å². The molecule has 1 N–H and O–H groups in total. The smallest absolute Gasteiger partial charge is 0.255 e. The molecule has 0 fully saturated rings. The van der Waals surface area contributed by atoms with Crippen molar-refractivity contribution in [3.8, 4) is 11.5 Å². The zero-order chi connectivity index (χ0) is 25.4. The van der Waals surface area contributed by atoms with Crippen molar-refractivity contribution in [2.75, 3.05) is 20.8 Å². The largest absolute Gasteiger partial charge is 0.493 e. The van der Waals surface area contributed by atoms with Crippen molar-refractivity contribution in [1.82, 2.24) is 9.73 Å². The third-order valence-corrected chi connectivity index (χ3v) is 7.27. The standard InChI is InChI=1S/C24H23Cl2N3O5S/c1-33-22-11-8-17(12-23(22)34-2)14-27-28-24(30)16-29(15-18-9-10-19(25)13-21(18)26)35(31,32)20-6-4-3-5-7-20/h3-14H,15-16H2,1-2H3,(H,28,30)/b27-14-. The molecule has 0 aromatic heterocycles. The molecule has 0 saturated carbocycles. The Morgan fingerprint density at radius 3 is 2.37 bits per heavy atom. The molecule has 0 aliphatic carbocycles. The second-order valence-corrected chi connectivity index (χ2v) is 10.0. The number of hydrogen-bond acceptors (Lipinski definition) is 6. The number of halogens is 2. The van der Waals surface area contributed by atoms with Gasteiger partial charge in [-0.15, -0.1) is 0 Å². The lowest BCUT2D eigenvalue weighted by Gasteiger charge is -2.22. The van der Waals surface area contributed by atoms with Gasteiger partial charge in [-0.25, -0.2) is 13.8 Å². The minimum absolute atomic E-state index is 0.0479. The second-order valence-electron chi connectivity index (χ2n) is 7.23. The van der Waals surface area contributed by atoms with Crippen LogP contribution in [0.15, 0.2) is 76.7 Å². The highest BCUT2D eigenvalue weighted by atomic mass is 35.5. The van der Waals surface area contributed by atoms with E-state index in [0.717, 1.165) is 4.31 Å². The van der Waals surface area contributed by atoms with Gasteiger partial charge in [-0.1, -0.05) is 47.5 Å². The Kier molecular flexibility index (Phi) is 9.11. The lowest BCUT2D eigenvalue weighted by atomic mass is 10.2. The SMILES string of the molecule is COc1ccc(/C=N\NC(=O)CN(Cc2ccc(Cl)cc2Cl)S(=O)(=O)c2ccccc2)cc1OC. The van der Waals surface area contributed by atoms with Gasteiger partial charge in [0.15, 0.2) is 11.5 Å². The van der Waals surface area contributed by atoms with Crippen LogP contribution in [0.1, 0.15) is 11.1 Å². The summed E-state index contributed by atoms with van der Waals surface area (Å²) in [6.45, 7) is -0.625. The molecular weight excluding hydrogens is 513 g/mol. The van der Waals surface area contributed by atoms with Crippen LogP contribution in [0.2, 0.25) is 10.0 Å². The molecule has 0 bridgehead atoms. The van der Waals surface area contributed by atoms with E-state index in [9.17, 15) is 13.2 Å². The molecule has 8 nitrogen and oxygen atoms in total. The van der Waals surface area contributed by atoms with Crippen LogP contribution >= 0.6 is 23.2 Å². The molecule has 0 unspecified atom stereocenters. The van der Waals surface area contributed by atoms with Crippen molar-refractivity contribution in [3.63, 3.8) is 0 Å². The van der Waals surface area contributed by atoms with E-state index in [1.54, 1.807) is 48.5 Å². The van der Waals surface area contributed by atoms with Crippen LogP contribution in [0.5, 0.6) is 11.5 Å². The fourth-order valence-corrected chi connectivity index (χ4v) is 4.98. The molecule has 3 rings (SSSR count). The Balaban J connectivity index is 1.79. The lowest BCUT2D eigenvalue weighted by Crippen LogP contribution is -2.39. The monoisotopic (exact) mass is 535 g/mol. The molecule has 0 spiro atoms. The molecular formula is C24H23Cl2N3O5S. The predicted octanol–water partition coefficient (Wildman–Crippen LogP) is 4.35. The van der Waals surface area contributed by atoms with E-state index in [2.05, 4.69) is 10.5 Å². The summed E-state index contributed by atoms with van der Waals surface area (Å²) in [5, 5.41) is 4.64. The highest BCUT2D eigenvalue weighted by molar-refractivity contribution is 7.89. The number of benzene rings is 3. The first-order valence-corrected chi connectivity index (χ1v) is 12.5. The minimum atomic E-state index is -4.02. The van der Waals surface area contributed by atoms with Gasteiger partial charge in [0.2, 0.25) is 10.0 Å². The zero-order valence-corrected chi connectivity index (χ0v) is 21.3. The Bertz CT molecular complexity index is 1320. The third-order valence-electron chi connectivity index (χ3n) is 4.87. The molecule has 184 valence electrons. The van der Waals surface area contributed by atoms with Gasteiger partial charge in [0.1, 0.15) is 0 Å². The van der Waals surface area contributed by atoms with E-state index >= 15 is 0 Å². The molecule has 0 heterocycles. The number of hydrogen-bond donors (Lipinski definition) is 1. The molecule has 0 aliphatic heterocycles. The second kappa shape index (κ2) is 12.0. The fraction of sp³-hybridized carbons (Fsp3) is 0.167. The van der Waals surface area contributed by atoms with E-state index in [1.165, 1.54) is 38.6 Å². The van der Waals surface area contributed by atoms with Crippen molar-refractivity contribution in [2.45, 2.75) is 11.4 Å². The van der Waals surface area contributed by atoms with Crippen LogP contribution in [-0.2, 0) is 21.4 Å². The summed E-state index contributed by atoms with van der Waals surface area (Å²) in [4.78, 5) is 12.7. The first-order valence-electron chi connectivity index (χ1n) is 10.3. The van der Waals surface area contributed by atoms with Crippen LogP contribution in [0.25, 0.3) is 0 Å². The number of sulfonamides is 1. The van der Waals surface area contributed by atoms with Gasteiger partial charge in [0.25, 0.3) is 5.91 Å². The summed E-state index contributed by atoms with van der Waals surface area (Å²) in [6.07, 6.45) is 1.41. The molecule has 35 heavy (non-hydrogen) atoms. The number of ether oxygens (including phenoxy) is 2. The number of rotatable bonds is 10. The number of carbonyl (C=O) groups excluding carboxylic acids is 1. The van der Waals surface area contributed by atoms with Crippen molar-refractivity contribution >= 4 is 45.3 Å². The fourth-order valence-electron chi connectivity index (χ4n) is 3.11. The maximum absolute atomic E-state index is 13.3. The maximum Gasteiger partial charge on any atom is 0.255 e. The number of methoxy groups -OCH3 is 2. The Morgan fingerprint density at radius 1 is 1.00 bits per heavy atom. The minimum Gasteiger partial charge on any atom is -0.493 e. The molecule has 3 aromatic carbocycles. The lowest BCUT2D eigenvalue weighted by molar-refractivity contribution is -0.121. The Hall–Kier alpha value is -3.11. The highest BCUT2D eigenvalue weighted by Gasteiger charge is 2.27. The summed E-state index contributed by atoms with van der Waals surface area (Å²) < 4.78 is 38.0. The van der Waals surface area contributed by atoms with Gasteiger partial charge in [-0.05, 0) is 53.6 Å². The number of hydrazone groups is 1. The number of nitrogens with zero attached hydrogens (tertiary/aromatic N) is 2. The van der Waals surface area contributed by atoms with Crippen LogP contribution < -0.4 is 14.9 Å². The number of amides is 1. The van der Waals surface area contributed by atoms with Crippen LogP contribution in [0.3, 0.4) is 0 Å². The summed E-state index contributed by atoms with van der Waals surface area (Å²) in [5.74, 6) is 0.422. The zero-order valence-electron chi connectivity index (χ0n) is 18.9. The molecule has 0 aliphatic rings. The highest BCUT2D eigenvalue weighted by Crippen LogP contribution is 2.27. The van der Waals surface area contributed by atoms with Gasteiger partial charge in [0.05, 0.1) is 31.9 Å². The van der Waals surface area contributed by atoms with Gasteiger partial charge in [-0.3, -0.25) is 4.79 Å². The van der Waals surface area contributed by atoms with Crippen LogP contribution in [0.4, 0.5) is 0 Å². The Labute approximate surface area is 214 Å². The summed E-state index contributed by atoms with van der Waals surface area (Å²) in [7, 11) is -0.981. The average Bonchev–Trinajstić information content (AvgIpc) is 2.85. The third kappa shape index (κ3) is 6.95. The molecule has 0 radical (unpaired) electrons. The summed E-state index contributed by atoms with van der Waals surface area (Å²) in [6, 6.07) is 17.7. The first-order chi connectivity index (χ1) is 16.7. The van der Waals surface area contributed by atoms with E-state index in [0.29, 0.717) is 27.6 Å². The average molecular weight is 536 g/mol. The molecule has 3 aromatic rings. The van der Waals surface area contributed by atoms with Gasteiger partial charge >= 0.3 is 0 Å². The predicted molar refractivity (Wildman–Crippen MR) is 136 cm³/mol. The van der Waals surface area contributed by atoms with Crippen molar-refractivity contribution in [1.29, 1.82) is 0 Å². The summed E-state index contributed by atoms with van der Waals surface area (Å²) >= 11 is 12.2. The maximum atomic E-state index is 13.3. The van der Waals surface area contributed by atoms with Crippen LogP contribution in [-0.4, -0.2) is 45.6 Å². The Morgan fingerprint density at radius 2 is 1.71 bits per heavy atom. The van der Waals surface area contributed by atoms with Gasteiger partial charge in [-0.2, -0.15) is 9.41 Å². The van der Waals surface area contributed by atoms with E-state index in [4.69, 9.17) is 32.7 Å². The molecule has 0 saturated heterocycles. The first kappa shape index (κ1) is 26.5. The van der Waals surface area contributed by atoms with Crippen molar-refractivity contribution < 1.29 is 22.7 Å². The van der Waals surface area contributed by atoms with Gasteiger partial charge < -0.3 is 9.47 Å². The number of nitrogens with one attached hydrogen (secondary N) is 1. The number of carbonyl (C=O) groups is 1. The van der Waals surface area contributed by atoms with E-state index in [1.807, 2.05) is 0 Å². The van der Waals surface area contributed by atoms with Gasteiger partial charge in [0, 0.05) is 16.6 Å². The summed E-state index contributed by atoms with van der Waals surface area (Å²) in [5.41, 5.74) is 3.50. The van der Waals surface area contributed by atoms with E-state index < -0.39 is 22.5 Å².